The first kappa shape index (κ1) is 28.8. The van der Waals surface area contributed by atoms with Crippen LogP contribution < -0.4 is 19.3 Å². The van der Waals surface area contributed by atoms with E-state index in [0.29, 0.717) is 13.2 Å². The average molecular weight is 548 g/mol. The van der Waals surface area contributed by atoms with Crippen molar-refractivity contribution in [1.82, 2.24) is 19.9 Å². The van der Waals surface area contributed by atoms with Crippen molar-refractivity contribution < 1.29 is 9.47 Å². The van der Waals surface area contributed by atoms with E-state index in [4.69, 9.17) is 19.4 Å². The molecule has 0 atom stereocenters. The van der Waals surface area contributed by atoms with Crippen LogP contribution >= 0.6 is 24.8 Å². The maximum atomic E-state index is 5.80. The molecule has 10 heteroatoms. The van der Waals surface area contributed by atoms with Crippen LogP contribution in [-0.4, -0.2) is 65.8 Å². The molecule has 3 aromatic rings. The first-order chi connectivity index (χ1) is 17.2. The molecule has 2 aliphatic rings. The average Bonchev–Trinajstić information content (AvgIpc) is 2.91. The summed E-state index contributed by atoms with van der Waals surface area (Å²) < 4.78 is 11.5. The molecule has 0 amide bonds. The topological polar surface area (TPSA) is 66.9 Å². The van der Waals surface area contributed by atoms with Crippen molar-refractivity contribution >= 4 is 36.6 Å². The van der Waals surface area contributed by atoms with Crippen molar-refractivity contribution in [2.24, 2.45) is 0 Å². The number of pyridine rings is 1. The summed E-state index contributed by atoms with van der Waals surface area (Å²) in [7, 11) is 0. The summed E-state index contributed by atoms with van der Waals surface area (Å²) in [6, 6.07) is 12.3. The molecule has 1 saturated heterocycles. The lowest BCUT2D eigenvalue weighted by Gasteiger charge is -2.36. The minimum absolute atomic E-state index is 0. The number of benzene rings is 1. The highest BCUT2D eigenvalue weighted by Crippen LogP contribution is 2.30. The monoisotopic (exact) mass is 546 g/mol. The van der Waals surface area contributed by atoms with Gasteiger partial charge in [-0.05, 0) is 43.7 Å². The zero-order valence-corrected chi connectivity index (χ0v) is 23.1. The molecular weight excluding hydrogens is 511 g/mol. The Bertz CT molecular complexity index is 1130. The highest BCUT2D eigenvalue weighted by molar-refractivity contribution is 5.85. The van der Waals surface area contributed by atoms with Gasteiger partial charge >= 0.3 is 0 Å². The Morgan fingerprint density at radius 1 is 0.838 bits per heavy atom. The Morgan fingerprint density at radius 2 is 1.59 bits per heavy atom. The molecule has 37 heavy (non-hydrogen) atoms. The quantitative estimate of drug-likeness (QED) is 0.412. The lowest BCUT2D eigenvalue weighted by Crippen LogP contribution is -2.47. The molecule has 5 rings (SSSR count). The van der Waals surface area contributed by atoms with Gasteiger partial charge in [0.1, 0.15) is 5.82 Å². The van der Waals surface area contributed by atoms with E-state index in [2.05, 4.69) is 37.9 Å². The third kappa shape index (κ3) is 6.94. The summed E-state index contributed by atoms with van der Waals surface area (Å²) >= 11 is 0. The first-order valence-electron chi connectivity index (χ1n) is 12.6. The molecule has 0 unspecified atom stereocenters. The Balaban J connectivity index is 0.00000190. The molecule has 0 radical (unpaired) electrons. The zero-order valence-electron chi connectivity index (χ0n) is 21.5. The highest BCUT2D eigenvalue weighted by atomic mass is 35.5. The van der Waals surface area contributed by atoms with Gasteiger partial charge in [0.25, 0.3) is 0 Å². The summed E-state index contributed by atoms with van der Waals surface area (Å²) in [6.07, 6.45) is 4.82. The third-order valence-corrected chi connectivity index (χ3v) is 6.55. The van der Waals surface area contributed by atoms with Crippen LogP contribution in [0.1, 0.15) is 30.7 Å². The predicted octanol–water partition coefficient (Wildman–Crippen LogP) is 4.40. The highest BCUT2D eigenvalue weighted by Gasteiger charge is 2.23. The largest absolute Gasteiger partial charge is 0.490 e. The smallest absolute Gasteiger partial charge is 0.225 e. The van der Waals surface area contributed by atoms with E-state index in [-0.39, 0.29) is 24.8 Å². The number of piperazine rings is 1. The third-order valence-electron chi connectivity index (χ3n) is 6.55. The van der Waals surface area contributed by atoms with Gasteiger partial charge in [-0.1, -0.05) is 12.1 Å². The maximum absolute atomic E-state index is 5.80. The Hall–Kier alpha value is -2.81. The fourth-order valence-corrected chi connectivity index (χ4v) is 4.78. The summed E-state index contributed by atoms with van der Waals surface area (Å²) in [5.41, 5.74) is 3.63. The van der Waals surface area contributed by atoms with Crippen molar-refractivity contribution in [2.75, 3.05) is 55.7 Å². The van der Waals surface area contributed by atoms with E-state index in [1.54, 1.807) is 0 Å². The van der Waals surface area contributed by atoms with E-state index >= 15 is 0 Å². The van der Waals surface area contributed by atoms with Crippen LogP contribution in [0.25, 0.3) is 0 Å². The second-order valence-electron chi connectivity index (χ2n) is 8.91. The lowest BCUT2D eigenvalue weighted by molar-refractivity contribution is 0.241. The molecule has 2 aliphatic heterocycles. The number of ether oxygens (including phenoxy) is 2. The maximum Gasteiger partial charge on any atom is 0.225 e. The van der Waals surface area contributed by atoms with Gasteiger partial charge in [-0.25, -0.2) is 15.0 Å². The zero-order chi connectivity index (χ0) is 24.0. The first-order valence-corrected chi connectivity index (χ1v) is 12.6. The second kappa shape index (κ2) is 13.7. The number of anilines is 2. The summed E-state index contributed by atoms with van der Waals surface area (Å²) in [5, 5.41) is 0. The number of hydrogen-bond donors (Lipinski definition) is 0. The predicted molar refractivity (Wildman–Crippen MR) is 152 cm³/mol. The van der Waals surface area contributed by atoms with Crippen molar-refractivity contribution in [3.05, 3.63) is 65.6 Å². The minimum Gasteiger partial charge on any atom is -0.490 e. The lowest BCUT2D eigenvalue weighted by atomic mass is 10.1. The van der Waals surface area contributed by atoms with E-state index in [1.165, 1.54) is 16.8 Å². The van der Waals surface area contributed by atoms with E-state index < -0.39 is 0 Å². The van der Waals surface area contributed by atoms with Crippen LogP contribution in [0.3, 0.4) is 0 Å². The van der Waals surface area contributed by atoms with Crippen LogP contribution in [0.5, 0.6) is 11.5 Å². The van der Waals surface area contributed by atoms with Gasteiger partial charge in [-0.2, -0.15) is 0 Å². The Kier molecular flexibility index (Phi) is 10.6. The molecule has 0 spiro atoms. The number of nitrogens with zero attached hydrogens (tertiary/aromatic N) is 6. The van der Waals surface area contributed by atoms with Crippen molar-refractivity contribution in [3.8, 4) is 11.5 Å². The van der Waals surface area contributed by atoms with Crippen molar-refractivity contribution in [3.63, 3.8) is 0 Å². The minimum atomic E-state index is 0. The van der Waals surface area contributed by atoms with Crippen LogP contribution in [0.2, 0.25) is 0 Å². The number of fused-ring (bicyclic) bond motifs is 1. The molecule has 200 valence electrons. The van der Waals surface area contributed by atoms with E-state index in [0.717, 1.165) is 75.5 Å². The van der Waals surface area contributed by atoms with Gasteiger partial charge in [0.15, 0.2) is 11.5 Å². The van der Waals surface area contributed by atoms with Crippen molar-refractivity contribution in [1.29, 1.82) is 0 Å². The number of aromatic nitrogens is 3. The number of halogens is 2. The summed E-state index contributed by atoms with van der Waals surface area (Å²) in [6.45, 7) is 11.6. The SMILES string of the molecule is CCOc1ccc(CN2CCc3nc(N4CCN(c5ccccn5)CC4)ncc3C2)cc1OCC.Cl.Cl. The molecule has 8 nitrogen and oxygen atoms in total. The standard InChI is InChI=1S/C27H34N6O2.2ClH/c1-3-34-24-9-8-21(17-25(24)35-4-2)19-31-12-10-23-22(20-31)18-29-27(30-23)33-15-13-32(14-16-33)26-7-5-6-11-28-26;;/h5-9,11,17-18H,3-4,10,12-16,19-20H2,1-2H3;2*1H. The van der Waals surface area contributed by atoms with Crippen LogP contribution in [0.4, 0.5) is 11.8 Å². The normalized spacial score (nSPS) is 15.3. The van der Waals surface area contributed by atoms with Crippen LogP contribution in [-0.2, 0) is 19.5 Å². The fraction of sp³-hybridized carbons (Fsp3) is 0.444. The molecule has 1 aromatic carbocycles. The van der Waals surface area contributed by atoms with Crippen molar-refractivity contribution in [2.45, 2.75) is 33.4 Å². The van der Waals surface area contributed by atoms with E-state index in [9.17, 15) is 0 Å². The molecular formula is C27H36Cl2N6O2. The van der Waals surface area contributed by atoms with Gasteiger partial charge in [-0.3, -0.25) is 4.90 Å². The number of rotatable bonds is 8. The summed E-state index contributed by atoms with van der Waals surface area (Å²) in [4.78, 5) is 21.3. The van der Waals surface area contributed by atoms with Crippen LogP contribution in [0.15, 0.2) is 48.8 Å². The van der Waals surface area contributed by atoms with Gasteiger partial charge in [0.05, 0.1) is 18.9 Å². The van der Waals surface area contributed by atoms with Gasteiger partial charge in [0.2, 0.25) is 5.95 Å². The van der Waals surface area contributed by atoms with E-state index in [1.807, 2.05) is 44.4 Å². The molecule has 1 fully saturated rings. The van der Waals surface area contributed by atoms with Gasteiger partial charge in [-0.15, -0.1) is 24.8 Å². The van der Waals surface area contributed by atoms with Crippen LogP contribution in [0, 0.1) is 0 Å². The molecule has 0 saturated carbocycles. The van der Waals surface area contributed by atoms with Gasteiger partial charge < -0.3 is 19.3 Å². The fourth-order valence-electron chi connectivity index (χ4n) is 4.78. The molecule has 0 bridgehead atoms. The molecule has 4 heterocycles. The van der Waals surface area contributed by atoms with Gasteiger partial charge in [0, 0.05) is 70.2 Å². The summed E-state index contributed by atoms with van der Waals surface area (Å²) in [5.74, 6) is 3.52. The Morgan fingerprint density at radius 3 is 2.32 bits per heavy atom. The Labute approximate surface area is 231 Å². The number of hydrogen-bond acceptors (Lipinski definition) is 8. The molecule has 0 N–H and O–H groups in total. The molecule has 0 aliphatic carbocycles. The second-order valence-corrected chi connectivity index (χ2v) is 8.91. The molecule has 2 aromatic heterocycles.